The molecule has 1 rings (SSSR count). The predicted octanol–water partition coefficient (Wildman–Crippen LogP) is 2.67. The van der Waals surface area contributed by atoms with E-state index < -0.39 is 10.0 Å². The van der Waals surface area contributed by atoms with Gasteiger partial charge in [-0.15, -0.1) is 0 Å². The summed E-state index contributed by atoms with van der Waals surface area (Å²) in [7, 11) is -3.61. The molecule has 0 spiro atoms. The highest BCUT2D eigenvalue weighted by Crippen LogP contribution is 2.25. The largest absolute Gasteiger partial charge is 0.310 e. The second kappa shape index (κ2) is 6.24. The van der Waals surface area contributed by atoms with Gasteiger partial charge in [-0.2, -0.15) is 0 Å². The van der Waals surface area contributed by atoms with Crippen LogP contribution in [0.4, 0.5) is 0 Å². The second-order valence-electron chi connectivity index (χ2n) is 6.51. The molecule has 1 aromatic carbocycles. The van der Waals surface area contributed by atoms with Gasteiger partial charge < -0.3 is 5.32 Å². The fourth-order valence-electron chi connectivity index (χ4n) is 1.72. The molecule has 0 heterocycles. The molecule has 114 valence electrons. The topological polar surface area (TPSA) is 72.2 Å². The molecular weight excluding hydrogens is 272 g/mol. The maximum Gasteiger partial charge on any atom is 0.238 e. The van der Waals surface area contributed by atoms with E-state index >= 15 is 0 Å². The Balaban J connectivity index is 2.67. The Morgan fingerprint density at radius 3 is 2.05 bits per heavy atom. The van der Waals surface area contributed by atoms with Crippen LogP contribution in [0.3, 0.4) is 0 Å². The summed E-state index contributed by atoms with van der Waals surface area (Å²) >= 11 is 0. The van der Waals surface area contributed by atoms with E-state index in [9.17, 15) is 8.42 Å². The maximum absolute atomic E-state index is 11.2. The molecule has 0 fully saturated rings. The standard InChI is InChI=1S/C15H26N2O2S/c1-11(15(3,4)5)10-17-12(2)13-6-8-14(9-7-13)20(16,18)19/h6-9,11-12,17H,10H2,1-5H3,(H2,16,18,19). The van der Waals surface area contributed by atoms with Gasteiger partial charge in [0, 0.05) is 6.04 Å². The summed E-state index contributed by atoms with van der Waals surface area (Å²) in [4.78, 5) is 0.150. The van der Waals surface area contributed by atoms with Crippen LogP contribution in [0.5, 0.6) is 0 Å². The zero-order valence-corrected chi connectivity index (χ0v) is 13.8. The summed E-state index contributed by atoms with van der Waals surface area (Å²) in [6, 6.07) is 6.89. The minimum absolute atomic E-state index is 0.150. The lowest BCUT2D eigenvalue weighted by molar-refractivity contribution is 0.247. The highest BCUT2D eigenvalue weighted by Gasteiger charge is 2.20. The summed E-state index contributed by atoms with van der Waals surface area (Å²) in [6.45, 7) is 11.9. The summed E-state index contributed by atoms with van der Waals surface area (Å²) in [5, 5.41) is 8.57. The second-order valence-corrected chi connectivity index (χ2v) is 8.07. The number of sulfonamides is 1. The zero-order chi connectivity index (χ0) is 15.6. The van der Waals surface area contributed by atoms with Crippen molar-refractivity contribution in [2.75, 3.05) is 6.54 Å². The Bertz CT molecular complexity index is 530. The van der Waals surface area contributed by atoms with Crippen LogP contribution in [0.1, 0.15) is 46.2 Å². The van der Waals surface area contributed by atoms with Crippen molar-refractivity contribution in [2.24, 2.45) is 16.5 Å². The molecule has 0 aliphatic carbocycles. The highest BCUT2D eigenvalue weighted by atomic mass is 32.2. The summed E-state index contributed by atoms with van der Waals surface area (Å²) < 4.78 is 22.4. The van der Waals surface area contributed by atoms with Gasteiger partial charge in [0.05, 0.1) is 4.90 Å². The first-order valence-electron chi connectivity index (χ1n) is 6.88. The fraction of sp³-hybridized carbons (Fsp3) is 0.600. The highest BCUT2D eigenvalue weighted by molar-refractivity contribution is 7.89. The van der Waals surface area contributed by atoms with E-state index in [0.29, 0.717) is 5.92 Å². The average Bonchev–Trinajstić information content (AvgIpc) is 2.33. The molecule has 0 amide bonds. The van der Waals surface area contributed by atoms with E-state index in [1.165, 1.54) is 0 Å². The number of benzene rings is 1. The number of hydrogen-bond acceptors (Lipinski definition) is 3. The van der Waals surface area contributed by atoms with Crippen LogP contribution < -0.4 is 10.5 Å². The van der Waals surface area contributed by atoms with Gasteiger partial charge in [0.1, 0.15) is 0 Å². The third-order valence-corrected chi connectivity index (χ3v) is 4.85. The van der Waals surface area contributed by atoms with Gasteiger partial charge >= 0.3 is 0 Å². The quantitative estimate of drug-likeness (QED) is 0.878. The van der Waals surface area contributed by atoms with Gasteiger partial charge in [-0.3, -0.25) is 0 Å². The number of hydrogen-bond donors (Lipinski definition) is 2. The Labute approximate surface area is 122 Å². The van der Waals surface area contributed by atoms with Crippen molar-refractivity contribution in [1.29, 1.82) is 0 Å². The third-order valence-electron chi connectivity index (χ3n) is 3.92. The SMILES string of the molecule is CC(NCC(C)C(C)(C)C)c1ccc(S(N)(=O)=O)cc1. The van der Waals surface area contributed by atoms with Crippen LogP contribution in [-0.2, 0) is 10.0 Å². The molecule has 5 heteroatoms. The summed E-state index contributed by atoms with van der Waals surface area (Å²) in [6.07, 6.45) is 0. The van der Waals surface area contributed by atoms with Gasteiger partial charge in [0.25, 0.3) is 0 Å². The molecule has 2 atom stereocenters. The van der Waals surface area contributed by atoms with Gasteiger partial charge in [-0.25, -0.2) is 13.6 Å². The van der Waals surface area contributed by atoms with Gasteiger partial charge in [0.15, 0.2) is 0 Å². The monoisotopic (exact) mass is 298 g/mol. The minimum Gasteiger partial charge on any atom is -0.310 e. The van der Waals surface area contributed by atoms with Crippen molar-refractivity contribution >= 4 is 10.0 Å². The maximum atomic E-state index is 11.2. The van der Waals surface area contributed by atoms with Crippen molar-refractivity contribution in [3.8, 4) is 0 Å². The number of rotatable bonds is 5. The zero-order valence-electron chi connectivity index (χ0n) is 13.0. The molecule has 4 nitrogen and oxygen atoms in total. The van der Waals surface area contributed by atoms with Crippen LogP contribution >= 0.6 is 0 Å². The lowest BCUT2D eigenvalue weighted by Crippen LogP contribution is -2.31. The van der Waals surface area contributed by atoms with Crippen molar-refractivity contribution in [2.45, 2.75) is 45.6 Å². The number of nitrogens with one attached hydrogen (secondary N) is 1. The third kappa shape index (κ3) is 4.89. The first-order chi connectivity index (χ1) is 9.01. The van der Waals surface area contributed by atoms with Gasteiger partial charge in [-0.1, -0.05) is 39.8 Å². The van der Waals surface area contributed by atoms with Crippen LogP contribution in [0, 0.1) is 11.3 Å². The molecule has 0 aliphatic rings. The van der Waals surface area contributed by atoms with Crippen molar-refractivity contribution < 1.29 is 8.42 Å². The van der Waals surface area contributed by atoms with Gasteiger partial charge in [-0.05, 0) is 42.5 Å². The number of primary sulfonamides is 1. The Morgan fingerprint density at radius 2 is 1.65 bits per heavy atom. The molecular formula is C15H26N2O2S. The first-order valence-corrected chi connectivity index (χ1v) is 8.42. The lowest BCUT2D eigenvalue weighted by atomic mass is 9.82. The van der Waals surface area contributed by atoms with E-state index in [2.05, 4.69) is 39.9 Å². The first kappa shape index (κ1) is 17.1. The molecule has 0 aromatic heterocycles. The van der Waals surface area contributed by atoms with Crippen molar-refractivity contribution in [1.82, 2.24) is 5.32 Å². The fourth-order valence-corrected chi connectivity index (χ4v) is 2.24. The lowest BCUT2D eigenvalue weighted by Gasteiger charge is -2.29. The van der Waals surface area contributed by atoms with E-state index in [-0.39, 0.29) is 16.4 Å². The van der Waals surface area contributed by atoms with Crippen LogP contribution in [-0.4, -0.2) is 15.0 Å². The molecule has 20 heavy (non-hydrogen) atoms. The molecule has 0 radical (unpaired) electrons. The average molecular weight is 298 g/mol. The van der Waals surface area contributed by atoms with E-state index in [1.807, 2.05) is 0 Å². The smallest absolute Gasteiger partial charge is 0.238 e. The normalized spacial score (nSPS) is 15.9. The molecule has 0 bridgehead atoms. The molecule has 3 N–H and O–H groups in total. The molecule has 0 saturated carbocycles. The van der Waals surface area contributed by atoms with E-state index in [1.54, 1.807) is 24.3 Å². The van der Waals surface area contributed by atoms with E-state index in [0.717, 1.165) is 12.1 Å². The predicted molar refractivity (Wildman–Crippen MR) is 82.9 cm³/mol. The molecule has 2 unspecified atom stereocenters. The van der Waals surface area contributed by atoms with Crippen LogP contribution in [0.15, 0.2) is 29.2 Å². The Morgan fingerprint density at radius 1 is 1.15 bits per heavy atom. The van der Waals surface area contributed by atoms with Crippen molar-refractivity contribution in [3.05, 3.63) is 29.8 Å². The number of nitrogens with two attached hydrogens (primary N) is 1. The van der Waals surface area contributed by atoms with E-state index in [4.69, 9.17) is 5.14 Å². The van der Waals surface area contributed by atoms with Gasteiger partial charge in [0.2, 0.25) is 10.0 Å². The molecule has 0 aliphatic heterocycles. The Kier molecular flexibility index (Phi) is 5.35. The van der Waals surface area contributed by atoms with Crippen LogP contribution in [0.25, 0.3) is 0 Å². The Hall–Kier alpha value is -0.910. The minimum atomic E-state index is -3.61. The molecule has 1 aromatic rings. The summed E-state index contributed by atoms with van der Waals surface area (Å²) in [5.41, 5.74) is 1.32. The van der Waals surface area contributed by atoms with Crippen LogP contribution in [0.2, 0.25) is 0 Å². The molecule has 0 saturated heterocycles. The summed E-state index contributed by atoms with van der Waals surface area (Å²) in [5.74, 6) is 0.550. The van der Waals surface area contributed by atoms with Crippen molar-refractivity contribution in [3.63, 3.8) is 0 Å².